The summed E-state index contributed by atoms with van der Waals surface area (Å²) in [5.74, 6) is -1.69. The molecule has 4 aromatic rings. The molecule has 0 aliphatic carbocycles. The van der Waals surface area contributed by atoms with Crippen LogP contribution in [-0.4, -0.2) is 79.4 Å². The summed E-state index contributed by atoms with van der Waals surface area (Å²) >= 11 is 0. The standard InChI is InChI=1S/C32H38N8O4/c1-21(2)28-30(43)36-25(15-22-8-5-4-6-9-22)19-39(32(44)26-18-35-40-13-12-38(3)31(26)40)20-27(41)34-11-7-10-23-14-24(17-33-16-23)29(42)37-28/h4-6,8-9,12-14,16-18,21,25,28H,7,10-11,15,19-20H2,1-3H3,(H,34,41)(H,36,43)(H,37,42)/t25-,28-/m1/s1. The van der Waals surface area contributed by atoms with Crippen LogP contribution in [0.4, 0.5) is 0 Å². The molecule has 2 bridgehead atoms. The fourth-order valence-electron chi connectivity index (χ4n) is 5.47. The molecule has 3 N–H and O–H groups in total. The van der Waals surface area contributed by atoms with Crippen LogP contribution in [0.3, 0.4) is 0 Å². The minimum Gasteiger partial charge on any atom is -0.355 e. The van der Waals surface area contributed by atoms with E-state index in [0.717, 1.165) is 11.1 Å². The van der Waals surface area contributed by atoms with Gasteiger partial charge in [-0.2, -0.15) is 5.10 Å². The summed E-state index contributed by atoms with van der Waals surface area (Å²) in [6.45, 7) is 3.95. The van der Waals surface area contributed by atoms with Gasteiger partial charge < -0.3 is 25.4 Å². The number of imidazole rings is 1. The molecule has 0 fully saturated rings. The van der Waals surface area contributed by atoms with Gasteiger partial charge in [-0.3, -0.25) is 24.2 Å². The van der Waals surface area contributed by atoms with Crippen LogP contribution >= 0.6 is 0 Å². The van der Waals surface area contributed by atoms with Crippen molar-refractivity contribution >= 4 is 29.3 Å². The molecule has 1 aromatic carbocycles. The Bertz CT molecular complexity index is 1640. The summed E-state index contributed by atoms with van der Waals surface area (Å²) in [7, 11) is 1.82. The van der Waals surface area contributed by atoms with Crippen LogP contribution in [0, 0.1) is 5.92 Å². The molecular formula is C32H38N8O4. The van der Waals surface area contributed by atoms with E-state index in [4.69, 9.17) is 0 Å². The first kappa shape index (κ1) is 30.5. The lowest BCUT2D eigenvalue weighted by Crippen LogP contribution is -2.55. The van der Waals surface area contributed by atoms with E-state index < -0.39 is 18.0 Å². The van der Waals surface area contributed by atoms with Gasteiger partial charge in [0.15, 0.2) is 0 Å². The zero-order valence-electron chi connectivity index (χ0n) is 25.2. The number of carbonyl (C=O) groups is 4. The molecule has 4 amide bonds. The molecular weight excluding hydrogens is 560 g/mol. The first-order chi connectivity index (χ1) is 21.2. The van der Waals surface area contributed by atoms with Crippen LogP contribution < -0.4 is 16.0 Å². The molecule has 0 saturated carbocycles. The number of amides is 4. The molecule has 0 spiro atoms. The Hall–Kier alpha value is -5.00. The SMILES string of the molecule is CC(C)[C@H]1NC(=O)c2cncc(c2)CCCNC(=O)CN(C(=O)c2cnn3ccn(C)c23)C[C@@H](Cc2ccccc2)NC1=O. The maximum Gasteiger partial charge on any atom is 0.259 e. The first-order valence-corrected chi connectivity index (χ1v) is 14.8. The quantitative estimate of drug-likeness (QED) is 0.327. The first-order valence-electron chi connectivity index (χ1n) is 14.8. The Labute approximate surface area is 255 Å². The molecule has 1 aliphatic heterocycles. The summed E-state index contributed by atoms with van der Waals surface area (Å²) in [6, 6.07) is 9.96. The number of aryl methyl sites for hydroxylation is 2. The molecule has 0 unspecified atom stereocenters. The van der Waals surface area contributed by atoms with E-state index >= 15 is 0 Å². The molecule has 0 radical (unpaired) electrons. The van der Waals surface area contributed by atoms with Gasteiger partial charge in [0.2, 0.25) is 11.8 Å². The van der Waals surface area contributed by atoms with Gasteiger partial charge in [0.1, 0.15) is 17.3 Å². The fraction of sp³-hybridized carbons (Fsp3) is 0.375. The summed E-state index contributed by atoms with van der Waals surface area (Å²) in [6.07, 6.45) is 9.81. The number of hydrogen-bond donors (Lipinski definition) is 3. The molecule has 0 saturated heterocycles. The van der Waals surface area contributed by atoms with Gasteiger partial charge >= 0.3 is 0 Å². The molecule has 12 nitrogen and oxygen atoms in total. The van der Waals surface area contributed by atoms with E-state index in [0.29, 0.717) is 42.6 Å². The third kappa shape index (κ3) is 7.13. The lowest BCUT2D eigenvalue weighted by molar-refractivity contribution is -0.124. The third-order valence-electron chi connectivity index (χ3n) is 7.76. The zero-order valence-corrected chi connectivity index (χ0v) is 25.2. The van der Waals surface area contributed by atoms with Gasteiger partial charge in [0.25, 0.3) is 11.8 Å². The fourth-order valence-corrected chi connectivity index (χ4v) is 5.47. The van der Waals surface area contributed by atoms with Gasteiger partial charge in [-0.1, -0.05) is 44.2 Å². The van der Waals surface area contributed by atoms with Crippen molar-refractivity contribution < 1.29 is 19.2 Å². The second kappa shape index (κ2) is 13.5. The van der Waals surface area contributed by atoms with Crippen LogP contribution in [0.5, 0.6) is 0 Å². The summed E-state index contributed by atoms with van der Waals surface area (Å²) in [5.41, 5.74) is 3.10. The van der Waals surface area contributed by atoms with E-state index in [2.05, 4.69) is 26.0 Å². The van der Waals surface area contributed by atoms with Crippen molar-refractivity contribution in [3.05, 3.63) is 89.6 Å². The van der Waals surface area contributed by atoms with E-state index in [1.54, 1.807) is 33.7 Å². The summed E-state index contributed by atoms with van der Waals surface area (Å²) in [4.78, 5) is 60.0. The molecule has 2 atom stereocenters. The monoisotopic (exact) mass is 598 g/mol. The number of aromatic nitrogens is 4. The Balaban J connectivity index is 1.50. The maximum absolute atomic E-state index is 14.1. The second-order valence-corrected chi connectivity index (χ2v) is 11.5. The second-order valence-electron chi connectivity index (χ2n) is 11.5. The molecule has 4 heterocycles. The maximum atomic E-state index is 14.1. The predicted molar refractivity (Wildman–Crippen MR) is 164 cm³/mol. The van der Waals surface area contributed by atoms with Crippen LogP contribution in [0.1, 0.15) is 52.1 Å². The molecule has 1 aliphatic rings. The molecule has 44 heavy (non-hydrogen) atoms. The number of hydrogen-bond acceptors (Lipinski definition) is 6. The van der Waals surface area contributed by atoms with Crippen molar-refractivity contribution in [1.29, 1.82) is 0 Å². The minimum absolute atomic E-state index is 0.0537. The highest BCUT2D eigenvalue weighted by atomic mass is 16.2. The topological polar surface area (TPSA) is 143 Å². The average molecular weight is 599 g/mol. The number of pyridine rings is 1. The van der Waals surface area contributed by atoms with Gasteiger partial charge in [-0.25, -0.2) is 4.52 Å². The summed E-state index contributed by atoms with van der Waals surface area (Å²) in [5, 5.41) is 13.2. The number of rotatable bonds is 4. The number of benzene rings is 1. The Morgan fingerprint density at radius 2 is 1.84 bits per heavy atom. The van der Waals surface area contributed by atoms with Gasteiger partial charge in [-0.15, -0.1) is 0 Å². The largest absolute Gasteiger partial charge is 0.355 e. The average Bonchev–Trinajstić information content (AvgIpc) is 3.60. The van der Waals surface area contributed by atoms with Crippen molar-refractivity contribution in [2.75, 3.05) is 19.6 Å². The van der Waals surface area contributed by atoms with Gasteiger partial charge in [-0.05, 0) is 42.4 Å². The lowest BCUT2D eigenvalue weighted by atomic mass is 10.0. The van der Waals surface area contributed by atoms with Crippen molar-refractivity contribution in [2.24, 2.45) is 13.0 Å². The van der Waals surface area contributed by atoms with Crippen molar-refractivity contribution in [3.8, 4) is 0 Å². The number of fused-ring (bicyclic) bond motifs is 3. The van der Waals surface area contributed by atoms with E-state index in [-0.39, 0.29) is 36.7 Å². The predicted octanol–water partition coefficient (Wildman–Crippen LogP) is 1.75. The number of nitrogens with one attached hydrogen (secondary N) is 3. The highest BCUT2D eigenvalue weighted by Gasteiger charge is 2.30. The zero-order chi connectivity index (χ0) is 31.2. The molecule has 230 valence electrons. The lowest BCUT2D eigenvalue weighted by Gasteiger charge is -2.30. The normalized spacial score (nSPS) is 18.9. The Kier molecular flexibility index (Phi) is 9.37. The molecule has 5 rings (SSSR count). The molecule has 12 heteroatoms. The van der Waals surface area contributed by atoms with Crippen molar-refractivity contribution in [2.45, 2.75) is 45.2 Å². The number of nitrogens with zero attached hydrogens (tertiary/aromatic N) is 5. The molecule has 3 aromatic heterocycles. The van der Waals surface area contributed by atoms with Crippen molar-refractivity contribution in [3.63, 3.8) is 0 Å². The van der Waals surface area contributed by atoms with Crippen molar-refractivity contribution in [1.82, 2.24) is 40.0 Å². The van der Waals surface area contributed by atoms with Gasteiger partial charge in [0, 0.05) is 44.9 Å². The number of carbonyl (C=O) groups excluding carboxylic acids is 4. The minimum atomic E-state index is -0.841. The smallest absolute Gasteiger partial charge is 0.259 e. The van der Waals surface area contributed by atoms with Crippen LogP contribution in [0.25, 0.3) is 5.65 Å². The van der Waals surface area contributed by atoms with Gasteiger partial charge in [0.05, 0.1) is 24.3 Å². The van der Waals surface area contributed by atoms with Crippen LogP contribution in [0.15, 0.2) is 67.4 Å². The Morgan fingerprint density at radius 1 is 1.05 bits per heavy atom. The van der Waals surface area contributed by atoms with E-state index in [9.17, 15) is 19.2 Å². The van der Waals surface area contributed by atoms with E-state index in [1.165, 1.54) is 17.3 Å². The Morgan fingerprint density at radius 3 is 2.61 bits per heavy atom. The third-order valence-corrected chi connectivity index (χ3v) is 7.76. The van der Waals surface area contributed by atoms with Crippen LogP contribution in [-0.2, 0) is 29.5 Å². The summed E-state index contributed by atoms with van der Waals surface area (Å²) < 4.78 is 3.40. The highest BCUT2D eigenvalue weighted by Crippen LogP contribution is 2.16. The van der Waals surface area contributed by atoms with Crippen LogP contribution in [0.2, 0.25) is 0 Å². The highest BCUT2D eigenvalue weighted by molar-refractivity contribution is 6.01. The van der Waals surface area contributed by atoms with E-state index in [1.807, 2.05) is 51.2 Å².